The highest BCUT2D eigenvalue weighted by atomic mass is 16.7. The standard InChI is InChI=1S/C11H20N2O2/c1-4-14-11(15-5-2)7-9-13-8-6-10(3)12-13/h6,8,11H,4-5,7,9H2,1-3H3. The van der Waals surface area contributed by atoms with Crippen LogP contribution in [-0.4, -0.2) is 29.3 Å². The summed E-state index contributed by atoms with van der Waals surface area (Å²) in [6, 6.07) is 2.00. The minimum absolute atomic E-state index is 0.107. The van der Waals surface area contributed by atoms with Crippen molar-refractivity contribution < 1.29 is 9.47 Å². The topological polar surface area (TPSA) is 36.3 Å². The summed E-state index contributed by atoms with van der Waals surface area (Å²) >= 11 is 0. The van der Waals surface area contributed by atoms with Crippen molar-refractivity contribution in [3.8, 4) is 0 Å². The minimum atomic E-state index is -0.107. The molecule has 0 unspecified atom stereocenters. The zero-order valence-corrected chi connectivity index (χ0v) is 9.77. The van der Waals surface area contributed by atoms with Crippen LogP contribution in [0.3, 0.4) is 0 Å². The Hall–Kier alpha value is -0.870. The lowest BCUT2D eigenvalue weighted by Gasteiger charge is -2.16. The molecule has 0 atom stereocenters. The van der Waals surface area contributed by atoms with Crippen molar-refractivity contribution in [2.24, 2.45) is 0 Å². The first-order valence-corrected chi connectivity index (χ1v) is 5.49. The minimum Gasteiger partial charge on any atom is -0.353 e. The van der Waals surface area contributed by atoms with E-state index < -0.39 is 0 Å². The quantitative estimate of drug-likeness (QED) is 0.648. The van der Waals surface area contributed by atoms with E-state index in [1.807, 2.05) is 37.7 Å². The van der Waals surface area contributed by atoms with Crippen molar-refractivity contribution in [3.63, 3.8) is 0 Å². The number of hydrogen-bond acceptors (Lipinski definition) is 3. The second-order valence-corrected chi connectivity index (χ2v) is 3.35. The van der Waals surface area contributed by atoms with Crippen molar-refractivity contribution in [2.45, 2.75) is 40.0 Å². The molecule has 1 aromatic heterocycles. The molecular formula is C11H20N2O2. The van der Waals surface area contributed by atoms with Crippen LogP contribution in [0.2, 0.25) is 0 Å². The van der Waals surface area contributed by atoms with Gasteiger partial charge < -0.3 is 9.47 Å². The molecule has 0 aliphatic carbocycles. The second-order valence-electron chi connectivity index (χ2n) is 3.35. The Kier molecular flexibility index (Phi) is 5.36. The number of nitrogens with zero attached hydrogens (tertiary/aromatic N) is 2. The van der Waals surface area contributed by atoms with Crippen LogP contribution >= 0.6 is 0 Å². The first kappa shape index (κ1) is 12.2. The molecule has 0 bridgehead atoms. The largest absolute Gasteiger partial charge is 0.353 e. The molecule has 1 heterocycles. The van der Waals surface area contributed by atoms with Crippen molar-refractivity contribution >= 4 is 0 Å². The molecule has 1 rings (SSSR count). The molecular weight excluding hydrogens is 192 g/mol. The smallest absolute Gasteiger partial charge is 0.159 e. The fourth-order valence-electron chi connectivity index (χ4n) is 1.41. The van der Waals surface area contributed by atoms with Gasteiger partial charge in [0.2, 0.25) is 0 Å². The lowest BCUT2D eigenvalue weighted by atomic mass is 10.4. The van der Waals surface area contributed by atoms with Gasteiger partial charge in [0.15, 0.2) is 6.29 Å². The maximum absolute atomic E-state index is 5.45. The Labute approximate surface area is 91.2 Å². The summed E-state index contributed by atoms with van der Waals surface area (Å²) in [6.45, 7) is 8.14. The van der Waals surface area contributed by atoms with E-state index in [0.29, 0.717) is 13.2 Å². The summed E-state index contributed by atoms with van der Waals surface area (Å²) in [5.74, 6) is 0. The van der Waals surface area contributed by atoms with E-state index in [2.05, 4.69) is 5.10 Å². The van der Waals surface area contributed by atoms with E-state index in [1.165, 1.54) is 0 Å². The van der Waals surface area contributed by atoms with Crippen molar-refractivity contribution in [3.05, 3.63) is 18.0 Å². The van der Waals surface area contributed by atoms with Crippen LogP contribution in [0.25, 0.3) is 0 Å². The van der Waals surface area contributed by atoms with Crippen LogP contribution in [0.1, 0.15) is 26.0 Å². The fraction of sp³-hybridized carbons (Fsp3) is 0.727. The first-order valence-electron chi connectivity index (χ1n) is 5.49. The third-order valence-electron chi connectivity index (χ3n) is 2.07. The molecule has 0 fully saturated rings. The van der Waals surface area contributed by atoms with Crippen LogP contribution in [0.4, 0.5) is 0 Å². The van der Waals surface area contributed by atoms with Gasteiger partial charge in [-0.15, -0.1) is 0 Å². The van der Waals surface area contributed by atoms with Gasteiger partial charge in [-0.25, -0.2) is 0 Å². The third kappa shape index (κ3) is 4.44. The molecule has 86 valence electrons. The molecule has 0 aliphatic heterocycles. The molecule has 0 radical (unpaired) electrons. The fourth-order valence-corrected chi connectivity index (χ4v) is 1.41. The van der Waals surface area contributed by atoms with Gasteiger partial charge in [0.05, 0.1) is 5.69 Å². The zero-order valence-electron chi connectivity index (χ0n) is 9.77. The van der Waals surface area contributed by atoms with E-state index >= 15 is 0 Å². The van der Waals surface area contributed by atoms with Gasteiger partial charge in [-0.3, -0.25) is 4.68 Å². The summed E-state index contributed by atoms with van der Waals surface area (Å²) in [7, 11) is 0. The number of ether oxygens (including phenoxy) is 2. The first-order chi connectivity index (χ1) is 7.26. The highest BCUT2D eigenvalue weighted by molar-refractivity contribution is 4.94. The highest BCUT2D eigenvalue weighted by Gasteiger charge is 2.07. The molecule has 1 aromatic rings. The molecule has 0 N–H and O–H groups in total. The van der Waals surface area contributed by atoms with E-state index in [0.717, 1.165) is 18.7 Å². The molecule has 15 heavy (non-hydrogen) atoms. The van der Waals surface area contributed by atoms with Gasteiger partial charge in [0.25, 0.3) is 0 Å². The van der Waals surface area contributed by atoms with Gasteiger partial charge in [-0.05, 0) is 26.8 Å². The normalized spacial score (nSPS) is 11.2. The lowest BCUT2D eigenvalue weighted by Crippen LogP contribution is -2.19. The molecule has 0 amide bonds. The Balaban J connectivity index is 2.32. The maximum atomic E-state index is 5.45. The van der Waals surface area contributed by atoms with Crippen LogP contribution < -0.4 is 0 Å². The molecule has 4 nitrogen and oxygen atoms in total. The van der Waals surface area contributed by atoms with Crippen molar-refractivity contribution in [1.29, 1.82) is 0 Å². The van der Waals surface area contributed by atoms with E-state index in [9.17, 15) is 0 Å². The maximum Gasteiger partial charge on any atom is 0.159 e. The average Bonchev–Trinajstić information content (AvgIpc) is 2.61. The number of hydrogen-bond donors (Lipinski definition) is 0. The van der Waals surface area contributed by atoms with Crippen molar-refractivity contribution in [1.82, 2.24) is 9.78 Å². The summed E-state index contributed by atoms with van der Waals surface area (Å²) in [4.78, 5) is 0. The Bertz CT molecular complexity index is 267. The lowest BCUT2D eigenvalue weighted by molar-refractivity contribution is -0.141. The van der Waals surface area contributed by atoms with Crippen LogP contribution in [0.5, 0.6) is 0 Å². The summed E-state index contributed by atoms with van der Waals surface area (Å²) in [5.41, 5.74) is 1.04. The highest BCUT2D eigenvalue weighted by Crippen LogP contribution is 2.03. The van der Waals surface area contributed by atoms with E-state index in [4.69, 9.17) is 9.47 Å². The van der Waals surface area contributed by atoms with Gasteiger partial charge in [0, 0.05) is 32.4 Å². The summed E-state index contributed by atoms with van der Waals surface area (Å²) < 4.78 is 12.8. The van der Waals surface area contributed by atoms with Gasteiger partial charge >= 0.3 is 0 Å². The average molecular weight is 212 g/mol. The molecule has 0 aromatic carbocycles. The number of aryl methyl sites for hydroxylation is 2. The molecule has 4 heteroatoms. The Morgan fingerprint density at radius 2 is 2.00 bits per heavy atom. The SMILES string of the molecule is CCOC(CCn1ccc(C)n1)OCC. The second kappa shape index (κ2) is 6.58. The predicted octanol–water partition coefficient (Wildman–Crippen LogP) is 1.98. The van der Waals surface area contributed by atoms with E-state index in [-0.39, 0.29) is 6.29 Å². The summed E-state index contributed by atoms with van der Waals surface area (Å²) in [5, 5.41) is 4.31. The summed E-state index contributed by atoms with van der Waals surface area (Å²) in [6.07, 6.45) is 2.71. The monoisotopic (exact) mass is 212 g/mol. The molecule has 0 aliphatic rings. The van der Waals surface area contributed by atoms with Gasteiger partial charge in [0.1, 0.15) is 0 Å². The van der Waals surface area contributed by atoms with Gasteiger partial charge in [-0.1, -0.05) is 0 Å². The Morgan fingerprint density at radius 1 is 1.33 bits per heavy atom. The van der Waals surface area contributed by atoms with Crippen LogP contribution in [0, 0.1) is 6.92 Å². The molecule has 0 saturated heterocycles. The molecule has 0 spiro atoms. The predicted molar refractivity (Wildman–Crippen MR) is 58.6 cm³/mol. The van der Waals surface area contributed by atoms with Crippen LogP contribution in [-0.2, 0) is 16.0 Å². The van der Waals surface area contributed by atoms with Crippen LogP contribution in [0.15, 0.2) is 12.3 Å². The number of rotatable bonds is 7. The Morgan fingerprint density at radius 3 is 2.47 bits per heavy atom. The van der Waals surface area contributed by atoms with Crippen molar-refractivity contribution in [2.75, 3.05) is 13.2 Å². The van der Waals surface area contributed by atoms with Gasteiger partial charge in [-0.2, -0.15) is 5.10 Å². The zero-order chi connectivity index (χ0) is 11.1. The number of aromatic nitrogens is 2. The molecule has 0 saturated carbocycles. The van der Waals surface area contributed by atoms with E-state index in [1.54, 1.807) is 0 Å². The third-order valence-corrected chi connectivity index (χ3v) is 2.07.